The molecule has 2 rings (SSSR count). The predicted octanol–water partition coefficient (Wildman–Crippen LogP) is -7.00. The van der Waals surface area contributed by atoms with Gasteiger partial charge in [0.25, 0.3) is 0 Å². The third kappa shape index (κ3) is 7.67. The van der Waals surface area contributed by atoms with Crippen molar-refractivity contribution < 1.29 is 89.8 Å². The lowest BCUT2D eigenvalue weighted by Gasteiger charge is -2.43. The van der Waals surface area contributed by atoms with Gasteiger partial charge < -0.3 is 80.2 Å². The van der Waals surface area contributed by atoms with Crippen molar-refractivity contribution in [2.75, 3.05) is 19.8 Å². The van der Waals surface area contributed by atoms with Crippen LogP contribution in [-0.2, 0) is 28.5 Å². The minimum Gasteiger partial charge on any atom is -0.481 e. The van der Waals surface area contributed by atoms with E-state index in [1.54, 1.807) is 0 Å². The van der Waals surface area contributed by atoms with E-state index >= 15 is 0 Å². The van der Waals surface area contributed by atoms with E-state index in [0.29, 0.717) is 0 Å². The molecule has 2 heterocycles. The number of rotatable bonds is 14. The number of carboxylic acids is 1. The summed E-state index contributed by atoms with van der Waals surface area (Å²) in [5.41, 5.74) is 5.13. The number of Topliss-reactive ketones (excluding diaryl/α,β-unsaturated/α-hetero) is 1. The molecule has 2 aliphatic heterocycles. The van der Waals surface area contributed by atoms with Gasteiger partial charge in [-0.25, -0.2) is 0 Å². The second-order valence-corrected chi connectivity index (χ2v) is 9.72. The Morgan fingerprint density at radius 2 is 1.40 bits per heavy atom. The molecular weight excluding hydrogens is 582 g/mol. The largest absolute Gasteiger partial charge is 0.481 e. The lowest BCUT2D eigenvalue weighted by atomic mass is 9.89. The third-order valence-corrected chi connectivity index (χ3v) is 6.83. The number of azide groups is 1. The average Bonchev–Trinajstić information content (AvgIpc) is 2.96. The zero-order chi connectivity index (χ0) is 32.1. The molecule has 42 heavy (non-hydrogen) atoms. The Balaban J connectivity index is 2.06. The smallest absolute Gasteiger partial charge is 0.313 e. The fourth-order valence-corrected chi connectivity index (χ4v) is 4.08. The summed E-state index contributed by atoms with van der Waals surface area (Å²) in [6.07, 6.45) is -25.0. The molecule has 0 aromatic rings. The highest BCUT2D eigenvalue weighted by atomic mass is 16.7. The number of hydrogen-bond acceptors (Lipinski definition) is 18. The standard InChI is InChI=1S/C21H35N3O18/c1-5(18(36)37)16(34)21(38,23-24-22)17(35)9(27)6(26)3-39-19-15(33)13(31)11(29)8(42-19)4-40-20-14(32)12(30)10(28)7(2-25)41-20/h5-15,17,19-20,25-33,35,38H,2-4H2,1H3,(H,36,37)/t5?,6-,7-,8-,9-,10-,11-,12+,13+,14-,15-,17+,19+,20+,21+/m1/s1. The normalized spacial score (nSPS) is 37.9. The number of nitrogens with zero attached hydrogens (tertiary/aromatic N) is 3. The van der Waals surface area contributed by atoms with Crippen LogP contribution < -0.4 is 0 Å². The van der Waals surface area contributed by atoms with Crippen LogP contribution in [-0.4, -0.2) is 178 Å². The maximum Gasteiger partial charge on any atom is 0.313 e. The molecule has 15 atom stereocenters. The molecule has 2 aliphatic rings. The van der Waals surface area contributed by atoms with Crippen LogP contribution in [0, 0.1) is 5.92 Å². The van der Waals surface area contributed by atoms with E-state index in [1.807, 2.05) is 0 Å². The first-order chi connectivity index (χ1) is 19.5. The molecule has 0 saturated carbocycles. The van der Waals surface area contributed by atoms with E-state index in [9.17, 15) is 65.8 Å². The fourth-order valence-electron chi connectivity index (χ4n) is 4.08. The van der Waals surface area contributed by atoms with Gasteiger partial charge in [0.1, 0.15) is 73.1 Å². The number of carbonyl (C=O) groups is 2. The van der Waals surface area contributed by atoms with Crippen molar-refractivity contribution in [2.24, 2.45) is 11.0 Å². The molecule has 0 aliphatic carbocycles. The Labute approximate surface area is 235 Å². The summed E-state index contributed by atoms with van der Waals surface area (Å²) >= 11 is 0. The van der Waals surface area contributed by atoms with Gasteiger partial charge in [-0.3, -0.25) is 9.59 Å². The molecule has 0 bridgehead atoms. The summed E-state index contributed by atoms with van der Waals surface area (Å²) in [4.78, 5) is 25.6. The van der Waals surface area contributed by atoms with E-state index in [1.165, 1.54) is 0 Å². The van der Waals surface area contributed by atoms with Gasteiger partial charge in [-0.15, -0.1) is 0 Å². The maximum absolute atomic E-state index is 12.3. The summed E-state index contributed by atoms with van der Waals surface area (Å²) in [5, 5.41) is 123. The molecule has 12 N–H and O–H groups in total. The minimum absolute atomic E-state index is 0.708. The van der Waals surface area contributed by atoms with Gasteiger partial charge in [-0.2, -0.15) is 0 Å². The fraction of sp³-hybridized carbons (Fsp3) is 0.905. The molecule has 0 aromatic heterocycles. The number of carboxylic acid groups (broad SMARTS) is 1. The van der Waals surface area contributed by atoms with Crippen LogP contribution in [0.25, 0.3) is 10.4 Å². The Bertz CT molecular complexity index is 969. The average molecular weight is 618 g/mol. The highest BCUT2D eigenvalue weighted by molar-refractivity contribution is 6.02. The van der Waals surface area contributed by atoms with E-state index in [4.69, 9.17) is 29.6 Å². The minimum atomic E-state index is -3.54. The number of ketones is 1. The van der Waals surface area contributed by atoms with Gasteiger partial charge in [-0.1, -0.05) is 0 Å². The molecule has 0 amide bonds. The Morgan fingerprint density at radius 3 is 1.90 bits per heavy atom. The number of carbonyl (C=O) groups excluding carboxylic acids is 1. The quantitative estimate of drug-likeness (QED) is 0.0372. The van der Waals surface area contributed by atoms with Crippen LogP contribution in [0.4, 0.5) is 0 Å². The van der Waals surface area contributed by atoms with Crippen LogP contribution in [0.3, 0.4) is 0 Å². The van der Waals surface area contributed by atoms with Gasteiger partial charge in [-0.05, 0) is 17.6 Å². The Kier molecular flexibility index (Phi) is 12.9. The van der Waals surface area contributed by atoms with Crippen LogP contribution in [0.1, 0.15) is 6.92 Å². The van der Waals surface area contributed by atoms with E-state index in [-0.39, 0.29) is 0 Å². The zero-order valence-corrected chi connectivity index (χ0v) is 21.9. The van der Waals surface area contributed by atoms with Crippen molar-refractivity contribution in [3.05, 3.63) is 10.4 Å². The number of aliphatic carboxylic acids is 1. The second kappa shape index (κ2) is 15.0. The van der Waals surface area contributed by atoms with Crippen molar-refractivity contribution in [3.63, 3.8) is 0 Å². The van der Waals surface area contributed by atoms with Gasteiger partial charge in [0.05, 0.1) is 19.8 Å². The van der Waals surface area contributed by atoms with Crippen molar-refractivity contribution in [2.45, 2.75) is 92.4 Å². The predicted molar refractivity (Wildman–Crippen MR) is 126 cm³/mol. The molecule has 21 nitrogen and oxygen atoms in total. The molecule has 242 valence electrons. The monoisotopic (exact) mass is 617 g/mol. The number of aliphatic hydroxyl groups is 11. The highest BCUT2D eigenvalue weighted by Gasteiger charge is 2.52. The van der Waals surface area contributed by atoms with E-state index in [0.717, 1.165) is 6.92 Å². The van der Waals surface area contributed by atoms with Crippen molar-refractivity contribution in [1.82, 2.24) is 0 Å². The van der Waals surface area contributed by atoms with Crippen LogP contribution in [0.15, 0.2) is 5.11 Å². The number of ether oxygens (including phenoxy) is 4. The summed E-state index contributed by atoms with van der Waals surface area (Å²) in [5.74, 6) is -5.51. The molecule has 1 unspecified atom stereocenters. The summed E-state index contributed by atoms with van der Waals surface area (Å²) in [7, 11) is 0. The van der Waals surface area contributed by atoms with Gasteiger partial charge >= 0.3 is 5.97 Å². The Hall–Kier alpha value is -2.15. The van der Waals surface area contributed by atoms with Crippen molar-refractivity contribution in [3.8, 4) is 0 Å². The summed E-state index contributed by atoms with van der Waals surface area (Å²) in [6.45, 7) is -1.75. The van der Waals surface area contributed by atoms with Crippen molar-refractivity contribution in [1.29, 1.82) is 0 Å². The molecule has 2 saturated heterocycles. The lowest BCUT2D eigenvalue weighted by molar-refractivity contribution is -0.333. The first kappa shape index (κ1) is 36.0. The lowest BCUT2D eigenvalue weighted by Crippen LogP contribution is -2.62. The molecule has 0 spiro atoms. The third-order valence-electron chi connectivity index (χ3n) is 6.83. The van der Waals surface area contributed by atoms with Crippen molar-refractivity contribution >= 4 is 11.8 Å². The molecule has 0 aromatic carbocycles. The highest BCUT2D eigenvalue weighted by Crippen LogP contribution is 2.27. The maximum atomic E-state index is 12.3. The topological polar surface area (TPSA) is 363 Å². The Morgan fingerprint density at radius 1 is 0.905 bits per heavy atom. The van der Waals surface area contributed by atoms with Crippen LogP contribution >= 0.6 is 0 Å². The molecule has 2 fully saturated rings. The summed E-state index contributed by atoms with van der Waals surface area (Å²) < 4.78 is 20.8. The van der Waals surface area contributed by atoms with Crippen LogP contribution in [0.5, 0.6) is 0 Å². The first-order valence-electron chi connectivity index (χ1n) is 12.4. The molecular formula is C21H35N3O18. The van der Waals surface area contributed by atoms with E-state index < -0.39 is 123 Å². The second-order valence-electron chi connectivity index (χ2n) is 9.72. The molecule has 21 heteroatoms. The van der Waals surface area contributed by atoms with Gasteiger partial charge in [0, 0.05) is 4.91 Å². The first-order valence-corrected chi connectivity index (χ1v) is 12.4. The zero-order valence-electron chi connectivity index (χ0n) is 21.9. The van der Waals surface area contributed by atoms with E-state index in [2.05, 4.69) is 10.0 Å². The number of aliphatic hydroxyl groups excluding tert-OH is 10. The SMILES string of the molecule is CC(C(=O)O)C(=O)[C@@](O)(N=[N+]=[N-])[C@@H](O)[C@H](O)[C@H](O)CO[C@H]1O[C@H](CO[C@H]2O[C@H](CO)[C@@H](O)[C@H](O)[C@H]2O)[C@@H](O)[C@H](O)[C@H]1O. The van der Waals surface area contributed by atoms with Gasteiger partial charge in [0.15, 0.2) is 18.4 Å². The summed E-state index contributed by atoms with van der Waals surface area (Å²) in [6, 6.07) is 0. The molecule has 0 radical (unpaired) electrons. The van der Waals surface area contributed by atoms with Gasteiger partial charge in [0.2, 0.25) is 5.72 Å². The number of hydrogen-bond donors (Lipinski definition) is 12. The van der Waals surface area contributed by atoms with Crippen LogP contribution in [0.2, 0.25) is 0 Å².